The van der Waals surface area contributed by atoms with Crippen molar-refractivity contribution in [3.8, 4) is 153 Å². The summed E-state index contributed by atoms with van der Waals surface area (Å²) in [5.41, 5.74) is 28.5. The number of rotatable bonds is 16. The number of hydrogen-bond acceptors (Lipinski definition) is 12. The van der Waals surface area contributed by atoms with Gasteiger partial charge in [0.2, 0.25) is 0 Å². The Morgan fingerprint density at radius 3 is 0.935 bits per heavy atom. The van der Waals surface area contributed by atoms with Gasteiger partial charge >= 0.3 is 0 Å². The van der Waals surface area contributed by atoms with E-state index in [0.717, 1.165) is 157 Å². The normalized spacial score (nSPS) is 12.0. The molecule has 2 aliphatic rings. The zero-order chi connectivity index (χ0) is 82.0. The molecule has 0 bridgehead atoms. The Hall–Kier alpha value is -16.8. The van der Waals surface area contributed by atoms with E-state index in [2.05, 4.69) is 275 Å². The van der Waals surface area contributed by atoms with Gasteiger partial charge in [0.05, 0.1) is 39.5 Å². The number of benzene rings is 16. The maximum absolute atomic E-state index is 5.87. The smallest absolute Gasteiger partial charge is 0.252 e. The van der Waals surface area contributed by atoms with Crippen LogP contribution in [0, 0.1) is 0 Å². The van der Waals surface area contributed by atoms with Crippen LogP contribution in [0.3, 0.4) is 0 Å². The van der Waals surface area contributed by atoms with Gasteiger partial charge in [0.25, 0.3) is 6.71 Å². The van der Waals surface area contributed by atoms with Crippen molar-refractivity contribution >= 4 is 79.0 Å². The molecule has 0 amide bonds. The Labute approximate surface area is 716 Å². The van der Waals surface area contributed by atoms with Gasteiger partial charge in [-0.15, -0.1) is 0 Å². The van der Waals surface area contributed by atoms with Crippen molar-refractivity contribution in [1.82, 2.24) is 54.4 Å². The number of hydrogen-bond donors (Lipinski definition) is 0. The fraction of sp³-hybridized carbons (Fsp3) is 0. The van der Waals surface area contributed by atoms with Gasteiger partial charge in [-0.1, -0.05) is 309 Å². The average molecular weight is 1580 g/mol. The van der Waals surface area contributed by atoms with Crippen LogP contribution >= 0.6 is 0 Å². The molecule has 21 aromatic rings. The van der Waals surface area contributed by atoms with E-state index in [0.29, 0.717) is 46.6 Å². The molecule has 23 rings (SSSR count). The quantitative estimate of drug-likeness (QED) is 0.0851. The zero-order valence-electron chi connectivity index (χ0n) is 66.8. The molecule has 578 valence electrons. The van der Waals surface area contributed by atoms with Crippen molar-refractivity contribution in [2.45, 2.75) is 0 Å². The molecule has 0 saturated heterocycles. The van der Waals surface area contributed by atoms with Crippen molar-refractivity contribution in [2.75, 3.05) is 9.80 Å². The summed E-state index contributed by atoms with van der Waals surface area (Å²) in [5.74, 6) is 4.35. The van der Waals surface area contributed by atoms with E-state index in [9.17, 15) is 0 Å². The summed E-state index contributed by atoms with van der Waals surface area (Å²) >= 11 is 0. The van der Waals surface area contributed by atoms with Gasteiger partial charge in [-0.2, -0.15) is 0 Å². The first-order valence-corrected chi connectivity index (χ1v) is 41.5. The van der Waals surface area contributed by atoms with Gasteiger partial charge in [-0.3, -0.25) is 0 Å². The SMILES string of the molecule is c1ccc(-c2cc(-c3ccc(-n4c5ccc(-c6nc(-c7ccccc7)nc(-c7ccccc7)n6)cc5c5cc(-c6nc(-c7ccccc7)nc(-c7ccccc7)n6)ccc54)c(-c4nc(-c5ccccc5)cc(-c5cccc(-c6cccc(N7c8ccccc8B8c9ccccc9N(c9ccccc9)c9cccc7c98)c6)c5)n4)c3)nc(-c3ccccc3)n2)cc1. The van der Waals surface area contributed by atoms with Crippen LogP contribution in [0.5, 0.6) is 0 Å². The summed E-state index contributed by atoms with van der Waals surface area (Å²) in [5, 5.41) is 1.84. The van der Waals surface area contributed by atoms with Crippen LogP contribution in [-0.4, -0.2) is 61.1 Å². The second-order valence-electron chi connectivity index (χ2n) is 31.0. The molecule has 124 heavy (non-hydrogen) atoms. The van der Waals surface area contributed by atoms with E-state index in [-0.39, 0.29) is 6.71 Å². The van der Waals surface area contributed by atoms with Crippen molar-refractivity contribution in [2.24, 2.45) is 0 Å². The van der Waals surface area contributed by atoms with Crippen LogP contribution < -0.4 is 26.2 Å². The highest BCUT2D eigenvalue weighted by molar-refractivity contribution is 7.00. The average Bonchev–Trinajstić information content (AvgIpc) is 0.856. The topological polar surface area (TPSA) is 140 Å². The van der Waals surface area contributed by atoms with Crippen LogP contribution in [0.1, 0.15) is 0 Å². The van der Waals surface area contributed by atoms with E-state index in [1.165, 1.54) is 22.1 Å². The Morgan fingerprint density at radius 2 is 0.484 bits per heavy atom. The third-order valence-corrected chi connectivity index (χ3v) is 23.5. The lowest BCUT2D eigenvalue weighted by molar-refractivity contribution is 1.07. The first-order chi connectivity index (χ1) is 61.4. The predicted octanol–water partition coefficient (Wildman–Crippen LogP) is 24.5. The Kier molecular flexibility index (Phi) is 18.0. The van der Waals surface area contributed by atoms with E-state index in [4.69, 9.17) is 49.8 Å². The third kappa shape index (κ3) is 13.2. The van der Waals surface area contributed by atoms with E-state index in [1.54, 1.807) is 0 Å². The van der Waals surface area contributed by atoms with Gasteiger partial charge < -0.3 is 14.4 Å². The minimum atomic E-state index is 0.0122. The molecule has 0 unspecified atom stereocenters. The standard InChI is InChI=1S/C110H70BN13/c1-9-32-71(33-10-1)91-69-94(113-103(112-91)73-36-13-3-14-37-73)81-58-61-97(124-95-62-59-82(108-118-104(74-38-15-4-16-39-74)116-105(119-108)75-40-17-5-18-41-75)67-86(95)87-68-83(60-63-96(87)124)109-120-106(76-42-19-6-20-43-76)117-107(121-109)77-44-21-7-22-45-77)88(66-81)110-114-92(72-34-11-2-12-35-72)70-93(115-110)80-48-29-46-78(64-80)79-47-30-51-85(65-79)123-99-55-28-26-53-90(99)111-89-52-25-27-54-98(89)122(84-49-23-8-24-50-84)100-56-31-57-101(123)102(100)111/h1-70H. The van der Waals surface area contributed by atoms with E-state index in [1.807, 2.05) is 164 Å². The van der Waals surface area contributed by atoms with E-state index >= 15 is 0 Å². The first kappa shape index (κ1) is 72.4. The monoisotopic (exact) mass is 1580 g/mol. The third-order valence-electron chi connectivity index (χ3n) is 23.5. The molecule has 0 atom stereocenters. The molecule has 0 aliphatic carbocycles. The van der Waals surface area contributed by atoms with Gasteiger partial charge in [-0.05, 0) is 143 Å². The van der Waals surface area contributed by atoms with Crippen LogP contribution in [0.15, 0.2) is 425 Å². The van der Waals surface area contributed by atoms with Gasteiger partial charge in [-0.25, -0.2) is 49.8 Å². The summed E-state index contributed by atoms with van der Waals surface area (Å²) in [6, 6.07) is 148. The maximum Gasteiger partial charge on any atom is 0.252 e. The lowest BCUT2D eigenvalue weighted by Crippen LogP contribution is -2.61. The summed E-state index contributed by atoms with van der Waals surface area (Å²) in [6.07, 6.45) is 0. The highest BCUT2D eigenvalue weighted by atomic mass is 15.2. The Morgan fingerprint density at radius 1 is 0.177 bits per heavy atom. The fourth-order valence-electron chi connectivity index (χ4n) is 17.7. The molecule has 0 saturated carbocycles. The molecule has 5 aromatic heterocycles. The van der Waals surface area contributed by atoms with Gasteiger partial charge in [0.15, 0.2) is 46.6 Å². The lowest BCUT2D eigenvalue weighted by atomic mass is 9.33. The summed E-state index contributed by atoms with van der Waals surface area (Å²) in [6.45, 7) is 0.0122. The molecular weight excluding hydrogens is 1510 g/mol. The molecule has 0 radical (unpaired) electrons. The minimum absolute atomic E-state index is 0.0122. The van der Waals surface area contributed by atoms with Crippen molar-refractivity contribution in [3.05, 3.63) is 425 Å². The van der Waals surface area contributed by atoms with E-state index < -0.39 is 0 Å². The highest BCUT2D eigenvalue weighted by Crippen LogP contribution is 2.47. The molecule has 16 aromatic carbocycles. The fourth-order valence-corrected chi connectivity index (χ4v) is 17.7. The molecule has 0 fully saturated rings. The number of nitrogens with zero attached hydrogens (tertiary/aromatic N) is 13. The van der Waals surface area contributed by atoms with Crippen LogP contribution in [-0.2, 0) is 0 Å². The maximum atomic E-state index is 5.87. The first-order valence-electron chi connectivity index (χ1n) is 41.5. The Bertz CT molecular complexity index is 7320. The van der Waals surface area contributed by atoms with Gasteiger partial charge in [0, 0.05) is 112 Å². The number of aromatic nitrogens is 11. The molecule has 2 aliphatic heterocycles. The molecule has 0 spiro atoms. The minimum Gasteiger partial charge on any atom is -0.311 e. The second kappa shape index (κ2) is 30.8. The van der Waals surface area contributed by atoms with Crippen molar-refractivity contribution in [1.29, 1.82) is 0 Å². The largest absolute Gasteiger partial charge is 0.311 e. The summed E-state index contributed by atoms with van der Waals surface area (Å²) < 4.78 is 2.34. The second-order valence-corrected chi connectivity index (χ2v) is 31.0. The zero-order valence-corrected chi connectivity index (χ0v) is 66.8. The Balaban J connectivity index is 0.730. The van der Waals surface area contributed by atoms with Crippen LogP contribution in [0.4, 0.5) is 34.1 Å². The molecule has 13 nitrogen and oxygen atoms in total. The molecule has 7 heterocycles. The van der Waals surface area contributed by atoms with Crippen LogP contribution in [0.25, 0.3) is 175 Å². The van der Waals surface area contributed by atoms with Crippen LogP contribution in [0.2, 0.25) is 0 Å². The molecule has 14 heteroatoms. The molecule has 0 N–H and O–H groups in total. The summed E-state index contributed by atoms with van der Waals surface area (Å²) in [7, 11) is 0. The highest BCUT2D eigenvalue weighted by Gasteiger charge is 2.43. The van der Waals surface area contributed by atoms with Crippen molar-refractivity contribution < 1.29 is 0 Å². The molecular formula is C110H70BN13. The lowest BCUT2D eigenvalue weighted by Gasteiger charge is -2.44. The summed E-state index contributed by atoms with van der Waals surface area (Å²) in [4.78, 5) is 58.7. The number of fused-ring (bicyclic) bond motifs is 7. The van der Waals surface area contributed by atoms with Crippen molar-refractivity contribution in [3.63, 3.8) is 0 Å². The number of anilines is 6. The van der Waals surface area contributed by atoms with Gasteiger partial charge in [0.1, 0.15) is 0 Å². The predicted molar refractivity (Wildman–Crippen MR) is 503 cm³/mol. The number of para-hydroxylation sites is 3.